The van der Waals surface area contributed by atoms with Crippen molar-refractivity contribution in [2.24, 2.45) is 0 Å². The molecule has 0 saturated heterocycles. The molecule has 0 aromatic carbocycles. The van der Waals surface area contributed by atoms with Gasteiger partial charge in [0.1, 0.15) is 11.9 Å². The standard InChI is InChI=1S/C12H17NO3/c1-11(2,3)16-10(14)12(6-7-12)13-8-4-5-9-15-13/h4-5,8-9H,6-7H2,1-3H3. The van der Waals surface area contributed by atoms with Gasteiger partial charge in [0.05, 0.1) is 0 Å². The first kappa shape index (κ1) is 11.0. The molecule has 1 saturated carbocycles. The monoisotopic (exact) mass is 223 g/mol. The zero-order chi connectivity index (χ0) is 11.8. The molecule has 1 aliphatic heterocycles. The number of ether oxygens (including phenoxy) is 1. The third-order valence-electron chi connectivity index (χ3n) is 2.51. The number of hydroxylamine groups is 2. The number of carbonyl (C=O) groups is 1. The second kappa shape index (κ2) is 3.54. The van der Waals surface area contributed by atoms with E-state index in [4.69, 9.17) is 9.57 Å². The van der Waals surface area contributed by atoms with Crippen LogP contribution in [0.1, 0.15) is 33.6 Å². The fourth-order valence-electron chi connectivity index (χ4n) is 1.56. The molecule has 2 aliphatic rings. The first-order valence-electron chi connectivity index (χ1n) is 5.47. The van der Waals surface area contributed by atoms with Crippen molar-refractivity contribution in [1.82, 2.24) is 5.06 Å². The highest BCUT2D eigenvalue weighted by atomic mass is 16.7. The van der Waals surface area contributed by atoms with E-state index in [2.05, 4.69) is 0 Å². The molecular weight excluding hydrogens is 206 g/mol. The molecule has 0 spiro atoms. The highest BCUT2D eigenvalue weighted by Crippen LogP contribution is 2.44. The Morgan fingerprint density at radius 1 is 1.38 bits per heavy atom. The van der Waals surface area contributed by atoms with E-state index < -0.39 is 11.1 Å². The number of allylic oxidation sites excluding steroid dienone is 2. The molecule has 1 heterocycles. The minimum atomic E-state index is -0.603. The first-order valence-corrected chi connectivity index (χ1v) is 5.47. The molecule has 4 heteroatoms. The fourth-order valence-corrected chi connectivity index (χ4v) is 1.56. The quantitative estimate of drug-likeness (QED) is 0.672. The third-order valence-corrected chi connectivity index (χ3v) is 2.51. The number of nitrogens with zero attached hydrogens (tertiary/aromatic N) is 1. The molecule has 1 fully saturated rings. The van der Waals surface area contributed by atoms with Crippen molar-refractivity contribution in [2.45, 2.75) is 44.8 Å². The van der Waals surface area contributed by atoms with Crippen LogP contribution in [0.25, 0.3) is 0 Å². The summed E-state index contributed by atoms with van der Waals surface area (Å²) in [5.74, 6) is -0.208. The molecule has 0 unspecified atom stereocenters. The number of esters is 1. The molecule has 1 aliphatic carbocycles. The predicted octanol–water partition coefficient (Wildman–Crippen LogP) is 2.14. The molecule has 0 N–H and O–H groups in total. The van der Waals surface area contributed by atoms with E-state index in [1.54, 1.807) is 23.6 Å². The van der Waals surface area contributed by atoms with E-state index in [-0.39, 0.29) is 5.97 Å². The molecule has 0 aromatic heterocycles. The maximum atomic E-state index is 12.0. The van der Waals surface area contributed by atoms with Crippen LogP contribution in [0.15, 0.2) is 24.6 Å². The van der Waals surface area contributed by atoms with E-state index in [0.717, 1.165) is 12.8 Å². The maximum Gasteiger partial charge on any atom is 0.336 e. The molecule has 2 rings (SSSR count). The van der Waals surface area contributed by atoms with E-state index in [1.807, 2.05) is 26.8 Å². The summed E-state index contributed by atoms with van der Waals surface area (Å²) in [6.07, 6.45) is 8.50. The second-order valence-corrected chi connectivity index (χ2v) is 5.13. The molecule has 0 atom stereocenters. The largest absolute Gasteiger partial charge is 0.458 e. The highest BCUT2D eigenvalue weighted by Gasteiger charge is 2.58. The second-order valence-electron chi connectivity index (χ2n) is 5.13. The lowest BCUT2D eigenvalue weighted by molar-refractivity contribution is -0.181. The normalized spacial score (nSPS) is 21.6. The molecule has 0 amide bonds. The molecule has 0 radical (unpaired) electrons. The molecular formula is C12H17NO3. The van der Waals surface area contributed by atoms with Gasteiger partial charge >= 0.3 is 5.97 Å². The molecule has 16 heavy (non-hydrogen) atoms. The lowest BCUT2D eigenvalue weighted by atomic mass is 10.2. The topological polar surface area (TPSA) is 38.8 Å². The van der Waals surface area contributed by atoms with E-state index in [0.29, 0.717) is 0 Å². The Morgan fingerprint density at radius 3 is 2.50 bits per heavy atom. The minimum Gasteiger partial charge on any atom is -0.458 e. The summed E-state index contributed by atoms with van der Waals surface area (Å²) < 4.78 is 5.40. The van der Waals surface area contributed by atoms with Gasteiger partial charge < -0.3 is 9.57 Å². The minimum absolute atomic E-state index is 0.208. The lowest BCUT2D eigenvalue weighted by Gasteiger charge is -2.30. The average Bonchev–Trinajstić information content (AvgIpc) is 2.97. The maximum absolute atomic E-state index is 12.0. The van der Waals surface area contributed by atoms with Gasteiger partial charge in [-0.3, -0.25) is 0 Å². The predicted molar refractivity (Wildman–Crippen MR) is 59.0 cm³/mol. The molecule has 88 valence electrons. The van der Waals surface area contributed by atoms with Gasteiger partial charge in [-0.05, 0) is 45.8 Å². The summed E-state index contributed by atoms with van der Waals surface area (Å²) in [5.41, 5.74) is -1.06. The van der Waals surface area contributed by atoms with Crippen LogP contribution >= 0.6 is 0 Å². The van der Waals surface area contributed by atoms with Crippen molar-refractivity contribution in [3.05, 3.63) is 24.6 Å². The van der Waals surface area contributed by atoms with Gasteiger partial charge in [0, 0.05) is 6.20 Å². The summed E-state index contributed by atoms with van der Waals surface area (Å²) in [6, 6.07) is 0. The van der Waals surface area contributed by atoms with E-state index >= 15 is 0 Å². The van der Waals surface area contributed by atoms with Crippen molar-refractivity contribution in [3.8, 4) is 0 Å². The van der Waals surface area contributed by atoms with Gasteiger partial charge in [-0.25, -0.2) is 9.86 Å². The van der Waals surface area contributed by atoms with Gasteiger partial charge in [-0.2, -0.15) is 0 Å². The summed E-state index contributed by atoms with van der Waals surface area (Å²) in [5, 5.41) is 1.58. The summed E-state index contributed by atoms with van der Waals surface area (Å²) in [7, 11) is 0. The zero-order valence-corrected chi connectivity index (χ0v) is 9.90. The third kappa shape index (κ3) is 2.05. The van der Waals surface area contributed by atoms with Crippen molar-refractivity contribution >= 4 is 5.97 Å². The number of rotatable bonds is 2. The smallest absolute Gasteiger partial charge is 0.336 e. The average molecular weight is 223 g/mol. The van der Waals surface area contributed by atoms with Gasteiger partial charge in [-0.15, -0.1) is 0 Å². The first-order chi connectivity index (χ1) is 7.44. The number of hydrogen-bond donors (Lipinski definition) is 0. The van der Waals surface area contributed by atoms with Crippen molar-refractivity contribution in [2.75, 3.05) is 0 Å². The van der Waals surface area contributed by atoms with Gasteiger partial charge in [-0.1, -0.05) is 0 Å². The Balaban J connectivity index is 2.05. The van der Waals surface area contributed by atoms with Crippen molar-refractivity contribution in [3.63, 3.8) is 0 Å². The summed E-state index contributed by atoms with van der Waals surface area (Å²) in [6.45, 7) is 5.61. The Kier molecular flexibility index (Phi) is 2.45. The van der Waals surface area contributed by atoms with Crippen LogP contribution in [-0.4, -0.2) is 22.2 Å². The summed E-state index contributed by atoms with van der Waals surface area (Å²) in [4.78, 5) is 17.3. The number of hydrogen-bond acceptors (Lipinski definition) is 4. The Morgan fingerprint density at radius 2 is 2.06 bits per heavy atom. The van der Waals surface area contributed by atoms with Gasteiger partial charge in [0.15, 0.2) is 5.54 Å². The van der Waals surface area contributed by atoms with E-state index in [9.17, 15) is 4.79 Å². The van der Waals surface area contributed by atoms with Crippen LogP contribution < -0.4 is 0 Å². The van der Waals surface area contributed by atoms with Crippen molar-refractivity contribution < 1.29 is 14.4 Å². The Hall–Kier alpha value is -1.45. The van der Waals surface area contributed by atoms with Crippen LogP contribution in [0.5, 0.6) is 0 Å². The van der Waals surface area contributed by atoms with Crippen LogP contribution in [0.2, 0.25) is 0 Å². The van der Waals surface area contributed by atoms with Gasteiger partial charge in [0.2, 0.25) is 0 Å². The van der Waals surface area contributed by atoms with E-state index in [1.165, 1.54) is 0 Å². The SMILES string of the molecule is CC(C)(C)OC(=O)C1(N2C=CC=CO2)CC1. The Bertz CT molecular complexity index is 348. The van der Waals surface area contributed by atoms with Crippen LogP contribution in [0.4, 0.5) is 0 Å². The molecule has 4 nitrogen and oxygen atoms in total. The van der Waals surface area contributed by atoms with Gasteiger partial charge in [0.25, 0.3) is 0 Å². The fraction of sp³-hybridized carbons (Fsp3) is 0.583. The summed E-state index contributed by atoms with van der Waals surface area (Å²) >= 11 is 0. The Labute approximate surface area is 95.5 Å². The molecule has 0 bridgehead atoms. The van der Waals surface area contributed by atoms with Crippen LogP contribution in [-0.2, 0) is 14.4 Å². The van der Waals surface area contributed by atoms with Crippen molar-refractivity contribution in [1.29, 1.82) is 0 Å². The van der Waals surface area contributed by atoms with Crippen LogP contribution in [0.3, 0.4) is 0 Å². The number of carbonyl (C=O) groups excluding carboxylic acids is 1. The van der Waals surface area contributed by atoms with Crippen LogP contribution in [0, 0.1) is 0 Å². The molecule has 0 aromatic rings. The zero-order valence-electron chi connectivity index (χ0n) is 9.90. The highest BCUT2D eigenvalue weighted by molar-refractivity contribution is 5.84. The lowest BCUT2D eigenvalue weighted by Crippen LogP contribution is -2.43.